The molecule has 2 aliphatic heterocycles. The van der Waals surface area contributed by atoms with E-state index in [9.17, 15) is 14.7 Å². The fraction of sp³-hybridized carbons (Fsp3) is 0.467. The number of carbonyl (C=O) groups is 2. The Balaban J connectivity index is 1.53. The van der Waals surface area contributed by atoms with E-state index in [1.165, 1.54) is 0 Å². The lowest BCUT2D eigenvalue weighted by molar-refractivity contribution is -0.129. The average molecular weight is 325 g/mol. The largest absolute Gasteiger partial charge is 0.491 e. The highest BCUT2D eigenvalue weighted by Crippen LogP contribution is 2.27. The quantitative estimate of drug-likeness (QED) is 0.833. The summed E-state index contributed by atoms with van der Waals surface area (Å²) in [5.74, 6) is 0.358. The third kappa shape index (κ3) is 2.89. The first-order chi connectivity index (χ1) is 10.6. The molecule has 118 valence electrons. The topological polar surface area (TPSA) is 70.1 Å². The summed E-state index contributed by atoms with van der Waals surface area (Å²) >= 11 is 5.78. The van der Waals surface area contributed by atoms with Gasteiger partial charge in [-0.1, -0.05) is 11.6 Å². The zero-order chi connectivity index (χ0) is 15.7. The van der Waals surface area contributed by atoms with Crippen molar-refractivity contribution in [3.05, 3.63) is 29.3 Å². The Morgan fingerprint density at radius 3 is 2.73 bits per heavy atom. The average Bonchev–Trinajstić information content (AvgIpc) is 3.07. The monoisotopic (exact) mass is 324 g/mol. The number of imide groups is 1. The molecule has 0 radical (unpaired) electrons. The van der Waals surface area contributed by atoms with Crippen molar-refractivity contribution in [2.45, 2.75) is 25.0 Å². The van der Waals surface area contributed by atoms with Gasteiger partial charge in [-0.15, -0.1) is 0 Å². The number of nitrogens with zero attached hydrogens (tertiary/aromatic N) is 2. The molecule has 3 amide bonds. The van der Waals surface area contributed by atoms with Crippen molar-refractivity contribution in [3.8, 4) is 5.75 Å². The number of benzene rings is 1. The second-order valence-corrected chi connectivity index (χ2v) is 5.94. The third-order valence-corrected chi connectivity index (χ3v) is 4.18. The van der Waals surface area contributed by atoms with E-state index >= 15 is 0 Å². The van der Waals surface area contributed by atoms with Gasteiger partial charge in [0.05, 0.1) is 6.54 Å². The summed E-state index contributed by atoms with van der Waals surface area (Å²) in [4.78, 5) is 27.0. The van der Waals surface area contributed by atoms with E-state index < -0.39 is 6.10 Å². The number of rotatable bonds is 5. The van der Waals surface area contributed by atoms with E-state index in [0.29, 0.717) is 23.7 Å². The van der Waals surface area contributed by atoms with Crippen LogP contribution < -0.4 is 4.74 Å². The standard InChI is InChI=1S/C15H17ClN2O4/c16-10-3-5-12(6-4-10)22-9-11(19)8-18-14(20)13-2-1-7-17(13)15(18)21/h3-6,11,13,19H,1-2,7-9H2/t11-,13-/m0/s1. The van der Waals surface area contributed by atoms with Gasteiger partial charge in [-0.25, -0.2) is 4.79 Å². The molecule has 1 aromatic rings. The van der Waals surface area contributed by atoms with Gasteiger partial charge < -0.3 is 14.7 Å². The summed E-state index contributed by atoms with van der Waals surface area (Å²) in [6, 6.07) is 6.11. The lowest BCUT2D eigenvalue weighted by Gasteiger charge is -2.19. The maximum absolute atomic E-state index is 12.1. The summed E-state index contributed by atoms with van der Waals surface area (Å²) in [6.07, 6.45) is 0.639. The lowest BCUT2D eigenvalue weighted by Crippen LogP contribution is -2.41. The summed E-state index contributed by atoms with van der Waals surface area (Å²) in [5, 5.41) is 10.6. The highest BCUT2D eigenvalue weighted by Gasteiger charge is 2.47. The Hall–Kier alpha value is -1.79. The molecule has 7 heteroatoms. The van der Waals surface area contributed by atoms with E-state index in [1.807, 2.05) is 0 Å². The van der Waals surface area contributed by atoms with Gasteiger partial charge in [-0.3, -0.25) is 9.69 Å². The minimum absolute atomic E-state index is 0.00333. The number of halogens is 1. The highest BCUT2D eigenvalue weighted by molar-refractivity contribution is 6.30. The molecule has 22 heavy (non-hydrogen) atoms. The maximum atomic E-state index is 12.1. The van der Waals surface area contributed by atoms with Crippen LogP contribution >= 0.6 is 11.6 Å². The molecule has 0 aromatic heterocycles. The fourth-order valence-electron chi connectivity index (χ4n) is 2.84. The second kappa shape index (κ2) is 6.14. The van der Waals surface area contributed by atoms with Crippen LogP contribution in [0.3, 0.4) is 0 Å². The van der Waals surface area contributed by atoms with Crippen LogP contribution in [0.1, 0.15) is 12.8 Å². The molecule has 1 aromatic carbocycles. The molecule has 2 heterocycles. The van der Waals surface area contributed by atoms with Crippen molar-refractivity contribution in [2.24, 2.45) is 0 Å². The maximum Gasteiger partial charge on any atom is 0.327 e. The van der Waals surface area contributed by atoms with E-state index in [0.717, 1.165) is 11.3 Å². The number of ether oxygens (including phenoxy) is 1. The SMILES string of the molecule is O=C1[C@@H]2CCCN2C(=O)N1C[C@H](O)COc1ccc(Cl)cc1. The number of β-amino-alcohol motifs (C(OH)–C–C–N with tert-alkyl or cyclic N) is 1. The van der Waals surface area contributed by atoms with Crippen molar-refractivity contribution in [1.82, 2.24) is 9.80 Å². The van der Waals surface area contributed by atoms with E-state index in [4.69, 9.17) is 16.3 Å². The van der Waals surface area contributed by atoms with Crippen LogP contribution in [0.5, 0.6) is 5.75 Å². The Bertz CT molecular complexity index is 555. The molecule has 2 fully saturated rings. The highest BCUT2D eigenvalue weighted by atomic mass is 35.5. The molecule has 2 saturated heterocycles. The fourth-order valence-corrected chi connectivity index (χ4v) is 2.96. The summed E-state index contributed by atoms with van der Waals surface area (Å²) in [7, 11) is 0. The molecule has 2 atom stereocenters. The zero-order valence-electron chi connectivity index (χ0n) is 11.9. The number of aliphatic hydroxyl groups excluding tert-OH is 1. The normalized spacial score (nSPS) is 22.2. The predicted octanol–water partition coefficient (Wildman–Crippen LogP) is 1.51. The number of amides is 3. The molecule has 0 saturated carbocycles. The van der Waals surface area contributed by atoms with Crippen LogP contribution in [0, 0.1) is 0 Å². The van der Waals surface area contributed by atoms with Crippen LogP contribution in [0.2, 0.25) is 5.02 Å². The van der Waals surface area contributed by atoms with Gasteiger partial charge in [0.2, 0.25) is 0 Å². The molecule has 6 nitrogen and oxygen atoms in total. The molecule has 1 N–H and O–H groups in total. The first-order valence-electron chi connectivity index (χ1n) is 7.24. The van der Waals surface area contributed by atoms with Crippen LogP contribution in [-0.2, 0) is 4.79 Å². The molecule has 0 aliphatic carbocycles. The molecule has 3 rings (SSSR count). The molecule has 0 unspecified atom stereocenters. The van der Waals surface area contributed by atoms with E-state index in [2.05, 4.69) is 0 Å². The lowest BCUT2D eigenvalue weighted by atomic mass is 10.2. The molecule has 2 aliphatic rings. The van der Waals surface area contributed by atoms with Gasteiger partial charge in [0.25, 0.3) is 5.91 Å². The van der Waals surface area contributed by atoms with Crippen LogP contribution in [0.25, 0.3) is 0 Å². The smallest absolute Gasteiger partial charge is 0.327 e. The number of urea groups is 1. The number of hydrogen-bond donors (Lipinski definition) is 1. The molecular formula is C15H17ClN2O4. The first kappa shape index (κ1) is 15.1. The number of fused-ring (bicyclic) bond motifs is 1. The van der Waals surface area contributed by atoms with Crippen molar-refractivity contribution in [1.29, 1.82) is 0 Å². The Labute approximate surface area is 133 Å². The van der Waals surface area contributed by atoms with E-state index in [-0.39, 0.29) is 31.1 Å². The van der Waals surface area contributed by atoms with Gasteiger partial charge in [0.15, 0.2) is 0 Å². The minimum Gasteiger partial charge on any atom is -0.491 e. The Kier molecular flexibility index (Phi) is 4.22. The van der Waals surface area contributed by atoms with Gasteiger partial charge in [0.1, 0.15) is 24.5 Å². The van der Waals surface area contributed by atoms with Gasteiger partial charge in [-0.2, -0.15) is 0 Å². The Morgan fingerprint density at radius 2 is 2.05 bits per heavy atom. The summed E-state index contributed by atoms with van der Waals surface area (Å²) in [6.45, 7) is 0.574. The number of hydrogen-bond acceptors (Lipinski definition) is 4. The zero-order valence-corrected chi connectivity index (χ0v) is 12.7. The summed E-state index contributed by atoms with van der Waals surface area (Å²) in [5.41, 5.74) is 0. The van der Waals surface area contributed by atoms with E-state index in [1.54, 1.807) is 29.2 Å². The molecule has 0 spiro atoms. The third-order valence-electron chi connectivity index (χ3n) is 3.93. The molecular weight excluding hydrogens is 308 g/mol. The van der Waals surface area contributed by atoms with Crippen molar-refractivity contribution in [2.75, 3.05) is 19.7 Å². The Morgan fingerprint density at radius 1 is 1.32 bits per heavy atom. The number of aliphatic hydroxyl groups is 1. The van der Waals surface area contributed by atoms with Gasteiger partial charge in [0, 0.05) is 11.6 Å². The van der Waals surface area contributed by atoms with Crippen LogP contribution in [0.4, 0.5) is 4.79 Å². The first-order valence-corrected chi connectivity index (χ1v) is 7.62. The summed E-state index contributed by atoms with van der Waals surface area (Å²) < 4.78 is 5.43. The predicted molar refractivity (Wildman–Crippen MR) is 79.8 cm³/mol. The minimum atomic E-state index is -0.927. The van der Waals surface area contributed by atoms with Crippen molar-refractivity contribution >= 4 is 23.5 Å². The molecule has 0 bridgehead atoms. The van der Waals surface area contributed by atoms with Crippen LogP contribution in [-0.4, -0.2) is 58.7 Å². The van der Waals surface area contributed by atoms with Gasteiger partial charge in [-0.05, 0) is 37.1 Å². The van der Waals surface area contributed by atoms with Crippen LogP contribution in [0.15, 0.2) is 24.3 Å². The van der Waals surface area contributed by atoms with Crippen molar-refractivity contribution in [3.63, 3.8) is 0 Å². The number of carbonyl (C=O) groups excluding carboxylic acids is 2. The van der Waals surface area contributed by atoms with Crippen molar-refractivity contribution < 1.29 is 19.4 Å². The van der Waals surface area contributed by atoms with Gasteiger partial charge >= 0.3 is 6.03 Å². The second-order valence-electron chi connectivity index (χ2n) is 5.50.